The Hall–Kier alpha value is -2.65. The van der Waals surface area contributed by atoms with Gasteiger partial charge < -0.3 is 5.32 Å². The number of benzene rings is 2. The minimum atomic E-state index is -3.32. The molecule has 1 aromatic heterocycles. The van der Waals surface area contributed by atoms with E-state index in [9.17, 15) is 13.2 Å². The average Bonchev–Trinajstić information content (AvgIpc) is 2.76. The third kappa shape index (κ3) is 4.67. The third-order valence-corrected chi connectivity index (χ3v) is 7.16. The first kappa shape index (κ1) is 21.6. The van der Waals surface area contributed by atoms with Gasteiger partial charge >= 0.3 is 0 Å². The molecule has 2 heterocycles. The van der Waals surface area contributed by atoms with Gasteiger partial charge in [-0.2, -0.15) is 0 Å². The molecule has 2 aromatic carbocycles. The highest BCUT2D eigenvalue weighted by Crippen LogP contribution is 2.31. The molecule has 7 nitrogen and oxygen atoms in total. The molecule has 1 aliphatic rings. The predicted molar refractivity (Wildman–Crippen MR) is 126 cm³/mol. The first-order valence-corrected chi connectivity index (χ1v) is 13.0. The summed E-state index contributed by atoms with van der Waals surface area (Å²) in [5.74, 6) is 0.933. The molecule has 0 amide bonds. The summed E-state index contributed by atoms with van der Waals surface area (Å²) < 4.78 is 25.5. The maximum atomic E-state index is 12.8. The maximum Gasteiger partial charge on any atom is 0.232 e. The highest BCUT2D eigenvalue weighted by atomic mass is 32.2. The summed E-state index contributed by atoms with van der Waals surface area (Å²) in [4.78, 5) is 22.0. The number of nitrogens with zero attached hydrogens (tertiary/aromatic N) is 3. The van der Waals surface area contributed by atoms with Crippen LogP contribution in [0.15, 0.2) is 47.6 Å². The molecule has 0 bridgehead atoms. The molecular weight excluding hydrogens is 432 g/mol. The van der Waals surface area contributed by atoms with Crippen LogP contribution in [0.3, 0.4) is 0 Å². The summed E-state index contributed by atoms with van der Waals surface area (Å²) in [6.45, 7) is 3.22. The predicted octanol–water partition coefficient (Wildman–Crippen LogP) is 3.75. The molecule has 0 unspecified atom stereocenters. The van der Waals surface area contributed by atoms with Crippen LogP contribution in [0.25, 0.3) is 10.9 Å². The number of sulfonamides is 1. The minimum absolute atomic E-state index is 0.0361. The molecule has 0 saturated heterocycles. The molecule has 0 spiro atoms. The van der Waals surface area contributed by atoms with Gasteiger partial charge in [-0.1, -0.05) is 23.9 Å². The summed E-state index contributed by atoms with van der Waals surface area (Å²) in [5, 5.41) is 4.75. The molecule has 0 radical (unpaired) electrons. The number of thioether (sulfide) groups is 1. The van der Waals surface area contributed by atoms with Gasteiger partial charge in [-0.05, 0) is 55.7 Å². The van der Waals surface area contributed by atoms with Crippen LogP contribution in [0, 0.1) is 0 Å². The number of aryl methyl sites for hydroxylation is 1. The smallest absolute Gasteiger partial charge is 0.232 e. The number of ketones is 1. The minimum Gasteiger partial charge on any atom is -0.370 e. The Labute approximate surface area is 186 Å². The van der Waals surface area contributed by atoms with Crippen molar-refractivity contribution >= 4 is 50.0 Å². The van der Waals surface area contributed by atoms with Crippen molar-refractivity contribution in [1.29, 1.82) is 0 Å². The SMILES string of the molecule is CCNc1nc(SCC(=O)c2ccc3c(c2)CCCN3S(C)(=O)=O)nc2ccccc12. The Bertz CT molecular complexity index is 1240. The van der Waals surface area contributed by atoms with Gasteiger partial charge in [0.15, 0.2) is 10.9 Å². The van der Waals surface area contributed by atoms with E-state index in [2.05, 4.69) is 15.3 Å². The van der Waals surface area contributed by atoms with Crippen LogP contribution < -0.4 is 9.62 Å². The van der Waals surface area contributed by atoms with Crippen molar-refractivity contribution in [1.82, 2.24) is 9.97 Å². The molecule has 0 saturated carbocycles. The van der Waals surface area contributed by atoms with Crippen LogP contribution >= 0.6 is 11.8 Å². The van der Waals surface area contributed by atoms with Crippen LogP contribution in [-0.2, 0) is 16.4 Å². The number of aromatic nitrogens is 2. The molecule has 0 atom stereocenters. The number of carbonyl (C=O) groups excluding carboxylic acids is 1. The van der Waals surface area contributed by atoms with Crippen molar-refractivity contribution in [3.8, 4) is 0 Å². The van der Waals surface area contributed by atoms with Crippen molar-refractivity contribution in [2.75, 3.05) is 34.7 Å². The molecule has 162 valence electrons. The van der Waals surface area contributed by atoms with Gasteiger partial charge in [-0.25, -0.2) is 18.4 Å². The summed E-state index contributed by atoms with van der Waals surface area (Å²) in [7, 11) is -3.32. The number of hydrogen-bond donors (Lipinski definition) is 1. The van der Waals surface area contributed by atoms with Gasteiger partial charge in [-0.3, -0.25) is 9.10 Å². The fraction of sp³-hybridized carbons (Fsp3) is 0.318. The monoisotopic (exact) mass is 456 g/mol. The normalized spacial score (nSPS) is 13.8. The van der Waals surface area contributed by atoms with E-state index in [0.29, 0.717) is 23.0 Å². The fourth-order valence-corrected chi connectivity index (χ4v) is 5.46. The van der Waals surface area contributed by atoms with E-state index in [1.807, 2.05) is 37.3 Å². The summed E-state index contributed by atoms with van der Waals surface area (Å²) >= 11 is 1.30. The molecule has 31 heavy (non-hydrogen) atoms. The lowest BCUT2D eigenvalue weighted by Crippen LogP contribution is -2.34. The van der Waals surface area contributed by atoms with E-state index in [0.717, 1.165) is 41.7 Å². The lowest BCUT2D eigenvalue weighted by atomic mass is 9.99. The van der Waals surface area contributed by atoms with E-state index in [4.69, 9.17) is 0 Å². The molecular formula is C22H24N4O3S2. The van der Waals surface area contributed by atoms with Gasteiger partial charge in [0.1, 0.15) is 5.82 Å². The third-order valence-electron chi connectivity index (χ3n) is 5.14. The maximum absolute atomic E-state index is 12.8. The number of hydrogen-bond acceptors (Lipinski definition) is 7. The van der Waals surface area contributed by atoms with E-state index in [1.165, 1.54) is 22.3 Å². The Morgan fingerprint density at radius 3 is 2.77 bits per heavy atom. The van der Waals surface area contributed by atoms with Crippen molar-refractivity contribution in [3.63, 3.8) is 0 Å². The summed E-state index contributed by atoms with van der Waals surface area (Å²) in [5.41, 5.74) is 2.97. The van der Waals surface area contributed by atoms with E-state index in [1.54, 1.807) is 12.1 Å². The molecule has 9 heteroatoms. The van der Waals surface area contributed by atoms with E-state index < -0.39 is 10.0 Å². The topological polar surface area (TPSA) is 92.3 Å². The zero-order valence-corrected chi connectivity index (χ0v) is 19.1. The lowest BCUT2D eigenvalue weighted by Gasteiger charge is -2.29. The van der Waals surface area contributed by atoms with Gasteiger partial charge in [-0.15, -0.1) is 0 Å². The molecule has 1 N–H and O–H groups in total. The van der Waals surface area contributed by atoms with Crippen molar-refractivity contribution in [3.05, 3.63) is 53.6 Å². The molecule has 3 aromatic rings. The second-order valence-electron chi connectivity index (χ2n) is 7.40. The Kier molecular flexibility index (Phi) is 6.15. The van der Waals surface area contributed by atoms with Crippen LogP contribution in [0.4, 0.5) is 11.5 Å². The van der Waals surface area contributed by atoms with Gasteiger partial charge in [0.2, 0.25) is 10.0 Å². The second-order valence-corrected chi connectivity index (χ2v) is 10.2. The number of nitrogens with one attached hydrogen (secondary N) is 1. The standard InChI is InChI=1S/C22H24N4O3S2/c1-3-23-21-17-8-4-5-9-18(17)24-22(25-21)30-14-20(27)16-10-11-19-15(13-16)7-6-12-26(19)31(2,28)29/h4-5,8-11,13H,3,6-7,12,14H2,1-2H3,(H,23,24,25). The first-order valence-electron chi connectivity index (χ1n) is 10.1. The largest absolute Gasteiger partial charge is 0.370 e. The van der Waals surface area contributed by atoms with Gasteiger partial charge in [0, 0.05) is 24.0 Å². The van der Waals surface area contributed by atoms with Crippen molar-refractivity contribution in [2.24, 2.45) is 0 Å². The number of para-hydroxylation sites is 1. The van der Waals surface area contributed by atoms with Crippen LogP contribution in [0.2, 0.25) is 0 Å². The zero-order chi connectivity index (χ0) is 22.0. The summed E-state index contributed by atoms with van der Waals surface area (Å²) in [6, 6.07) is 13.0. The Morgan fingerprint density at radius 1 is 1.19 bits per heavy atom. The van der Waals surface area contributed by atoms with Gasteiger partial charge in [0.25, 0.3) is 0 Å². The molecule has 0 fully saturated rings. The fourth-order valence-electron chi connectivity index (χ4n) is 3.72. The highest BCUT2D eigenvalue weighted by molar-refractivity contribution is 7.99. The van der Waals surface area contributed by atoms with Crippen molar-refractivity contribution in [2.45, 2.75) is 24.9 Å². The molecule has 4 rings (SSSR count). The van der Waals surface area contributed by atoms with Crippen molar-refractivity contribution < 1.29 is 13.2 Å². The van der Waals surface area contributed by atoms with E-state index in [-0.39, 0.29) is 11.5 Å². The number of rotatable bonds is 7. The van der Waals surface area contributed by atoms with E-state index >= 15 is 0 Å². The summed E-state index contributed by atoms with van der Waals surface area (Å²) in [6.07, 6.45) is 2.71. The second kappa shape index (κ2) is 8.84. The lowest BCUT2D eigenvalue weighted by molar-refractivity contribution is 0.102. The van der Waals surface area contributed by atoms with Gasteiger partial charge in [0.05, 0.1) is 23.2 Å². The van der Waals surface area contributed by atoms with Crippen LogP contribution in [0.1, 0.15) is 29.3 Å². The van der Waals surface area contributed by atoms with Crippen LogP contribution in [0.5, 0.6) is 0 Å². The Morgan fingerprint density at radius 2 is 2.00 bits per heavy atom. The van der Waals surface area contributed by atoms with Crippen LogP contribution in [-0.4, -0.2) is 49.3 Å². The number of Topliss-reactive ketones (excluding diaryl/α,β-unsaturated/α-hetero) is 1. The average molecular weight is 457 g/mol. The quantitative estimate of drug-likeness (QED) is 0.329. The molecule has 1 aliphatic heterocycles. The zero-order valence-electron chi connectivity index (χ0n) is 17.5. The number of carbonyl (C=O) groups is 1. The highest BCUT2D eigenvalue weighted by Gasteiger charge is 2.24. The molecule has 0 aliphatic carbocycles. The number of anilines is 2. The number of fused-ring (bicyclic) bond motifs is 2. The first-order chi connectivity index (χ1) is 14.9. The Balaban J connectivity index is 1.53.